The van der Waals surface area contributed by atoms with Crippen LogP contribution in [0.1, 0.15) is 52.9 Å². The van der Waals surface area contributed by atoms with Crippen molar-refractivity contribution in [1.29, 1.82) is 0 Å². The molecule has 1 nitrogen and oxygen atoms in total. The molecule has 1 atom stereocenters. The van der Waals surface area contributed by atoms with Gasteiger partial charge in [-0.1, -0.05) is 38.2 Å². The predicted octanol–water partition coefficient (Wildman–Crippen LogP) is 4.50. The molecule has 1 aliphatic rings. The average Bonchev–Trinajstić information content (AvgIpc) is 2.39. The summed E-state index contributed by atoms with van der Waals surface area (Å²) in [5, 5.41) is 0. The largest absolute Gasteiger partial charge is 0.373 e. The van der Waals surface area contributed by atoms with Crippen LogP contribution >= 0.6 is 0 Å². The molecule has 0 spiro atoms. The van der Waals surface area contributed by atoms with Crippen LogP contribution in [0.5, 0.6) is 0 Å². The molecule has 1 aliphatic carbocycles. The van der Waals surface area contributed by atoms with Crippen LogP contribution in [0, 0.1) is 17.8 Å². The van der Waals surface area contributed by atoms with Gasteiger partial charge in [0.2, 0.25) is 0 Å². The molecular formula is C17H26O. The lowest BCUT2D eigenvalue weighted by atomic mass is 9.72. The SMILES string of the molecule is C#CC=CC(=CC)COC(C)C1(C)CCCCC1. The Morgan fingerprint density at radius 3 is 2.61 bits per heavy atom. The van der Waals surface area contributed by atoms with E-state index in [2.05, 4.69) is 25.8 Å². The van der Waals surface area contributed by atoms with Crippen LogP contribution in [0.25, 0.3) is 0 Å². The molecule has 1 heteroatoms. The van der Waals surface area contributed by atoms with E-state index in [4.69, 9.17) is 11.2 Å². The van der Waals surface area contributed by atoms with Crippen molar-refractivity contribution in [2.24, 2.45) is 5.41 Å². The number of allylic oxidation sites excluding steroid dienone is 2. The molecular weight excluding hydrogens is 220 g/mol. The Balaban J connectivity index is 2.47. The second-order valence-corrected chi connectivity index (χ2v) is 5.53. The summed E-state index contributed by atoms with van der Waals surface area (Å²) in [6, 6.07) is 0. The van der Waals surface area contributed by atoms with Crippen molar-refractivity contribution in [1.82, 2.24) is 0 Å². The third-order valence-electron chi connectivity index (χ3n) is 4.24. The van der Waals surface area contributed by atoms with Gasteiger partial charge in [0, 0.05) is 0 Å². The first-order chi connectivity index (χ1) is 8.62. The molecule has 0 amide bonds. The van der Waals surface area contributed by atoms with E-state index in [1.54, 1.807) is 6.08 Å². The Hall–Kier alpha value is -1.00. The Morgan fingerprint density at radius 2 is 2.06 bits per heavy atom. The molecule has 1 fully saturated rings. The standard InChI is InChI=1S/C17H26O/c1-5-7-11-16(6-2)14-18-15(3)17(4)12-9-8-10-13-17/h1,6-7,11,15H,8-10,12-14H2,2-4H3. The Labute approximate surface area is 112 Å². The fraction of sp³-hybridized carbons (Fsp3) is 0.647. The molecule has 0 aromatic rings. The molecule has 18 heavy (non-hydrogen) atoms. The van der Waals surface area contributed by atoms with Gasteiger partial charge in [-0.2, -0.15) is 0 Å². The second-order valence-electron chi connectivity index (χ2n) is 5.53. The highest BCUT2D eigenvalue weighted by atomic mass is 16.5. The fourth-order valence-corrected chi connectivity index (χ4v) is 2.57. The van der Waals surface area contributed by atoms with Crippen LogP contribution in [0.4, 0.5) is 0 Å². The van der Waals surface area contributed by atoms with Gasteiger partial charge < -0.3 is 4.74 Å². The van der Waals surface area contributed by atoms with Crippen molar-refractivity contribution in [2.75, 3.05) is 6.61 Å². The summed E-state index contributed by atoms with van der Waals surface area (Å²) >= 11 is 0. The van der Waals surface area contributed by atoms with E-state index in [0.717, 1.165) is 5.57 Å². The normalized spacial score (nSPS) is 21.8. The summed E-state index contributed by atoms with van der Waals surface area (Å²) in [5.41, 5.74) is 1.51. The van der Waals surface area contributed by atoms with E-state index >= 15 is 0 Å². The zero-order valence-electron chi connectivity index (χ0n) is 12.0. The van der Waals surface area contributed by atoms with Gasteiger partial charge >= 0.3 is 0 Å². The summed E-state index contributed by atoms with van der Waals surface area (Å²) in [7, 11) is 0. The monoisotopic (exact) mass is 246 g/mol. The topological polar surface area (TPSA) is 9.23 Å². The Morgan fingerprint density at radius 1 is 1.39 bits per heavy atom. The maximum Gasteiger partial charge on any atom is 0.0717 e. The molecule has 0 aliphatic heterocycles. The van der Waals surface area contributed by atoms with E-state index in [9.17, 15) is 0 Å². The molecule has 0 aromatic heterocycles. The summed E-state index contributed by atoms with van der Waals surface area (Å²) in [6.45, 7) is 7.25. The molecule has 100 valence electrons. The average molecular weight is 246 g/mol. The quantitative estimate of drug-likeness (QED) is 0.513. The minimum absolute atomic E-state index is 0.312. The van der Waals surface area contributed by atoms with Crippen LogP contribution in [0.3, 0.4) is 0 Å². The Kier molecular flexibility index (Phi) is 6.22. The molecule has 0 bridgehead atoms. The number of rotatable bonds is 5. The first kappa shape index (κ1) is 15.1. The first-order valence-corrected chi connectivity index (χ1v) is 7.02. The van der Waals surface area contributed by atoms with Gasteiger partial charge in [0.15, 0.2) is 0 Å². The number of terminal acetylenes is 1. The molecule has 0 N–H and O–H groups in total. The summed E-state index contributed by atoms with van der Waals surface area (Å²) < 4.78 is 6.05. The van der Waals surface area contributed by atoms with Crippen molar-refractivity contribution in [3.05, 3.63) is 23.8 Å². The lowest BCUT2D eigenvalue weighted by Crippen LogP contribution is -2.34. The van der Waals surface area contributed by atoms with Gasteiger partial charge in [-0.3, -0.25) is 0 Å². The number of hydrogen-bond donors (Lipinski definition) is 0. The third kappa shape index (κ3) is 4.35. The summed E-state index contributed by atoms with van der Waals surface area (Å²) in [5.74, 6) is 2.51. The molecule has 0 saturated heterocycles. The van der Waals surface area contributed by atoms with Gasteiger partial charge in [-0.05, 0) is 49.8 Å². The predicted molar refractivity (Wildman–Crippen MR) is 78.3 cm³/mol. The van der Waals surface area contributed by atoms with E-state index in [1.807, 2.05) is 13.0 Å². The molecule has 1 saturated carbocycles. The van der Waals surface area contributed by atoms with Gasteiger partial charge in [-0.25, -0.2) is 0 Å². The molecule has 1 unspecified atom stereocenters. The molecule has 0 heterocycles. The lowest BCUT2D eigenvalue weighted by Gasteiger charge is -2.38. The maximum absolute atomic E-state index is 6.05. The molecule has 0 radical (unpaired) electrons. The van der Waals surface area contributed by atoms with E-state index in [1.165, 1.54) is 32.1 Å². The van der Waals surface area contributed by atoms with Gasteiger partial charge in [0.1, 0.15) is 0 Å². The molecule has 1 rings (SSSR count). The smallest absolute Gasteiger partial charge is 0.0717 e. The van der Waals surface area contributed by atoms with Crippen molar-refractivity contribution >= 4 is 0 Å². The van der Waals surface area contributed by atoms with E-state index in [0.29, 0.717) is 18.1 Å². The van der Waals surface area contributed by atoms with Gasteiger partial charge in [0.05, 0.1) is 12.7 Å². The van der Waals surface area contributed by atoms with Crippen LogP contribution in [-0.2, 0) is 4.74 Å². The zero-order valence-corrected chi connectivity index (χ0v) is 12.0. The van der Waals surface area contributed by atoms with Gasteiger partial charge in [-0.15, -0.1) is 6.42 Å². The minimum Gasteiger partial charge on any atom is -0.373 e. The highest BCUT2D eigenvalue weighted by Crippen LogP contribution is 2.40. The summed E-state index contributed by atoms with van der Waals surface area (Å²) in [4.78, 5) is 0. The van der Waals surface area contributed by atoms with E-state index in [-0.39, 0.29) is 0 Å². The van der Waals surface area contributed by atoms with Crippen LogP contribution < -0.4 is 0 Å². The Bertz CT molecular complexity index is 337. The number of hydrogen-bond acceptors (Lipinski definition) is 1. The van der Waals surface area contributed by atoms with Crippen LogP contribution in [0.15, 0.2) is 23.8 Å². The first-order valence-electron chi connectivity index (χ1n) is 7.02. The van der Waals surface area contributed by atoms with Crippen molar-refractivity contribution in [3.8, 4) is 12.3 Å². The van der Waals surface area contributed by atoms with E-state index < -0.39 is 0 Å². The van der Waals surface area contributed by atoms with Crippen molar-refractivity contribution in [2.45, 2.75) is 59.0 Å². The molecule has 0 aromatic carbocycles. The number of ether oxygens (including phenoxy) is 1. The summed E-state index contributed by atoms with van der Waals surface area (Å²) in [6.07, 6.45) is 17.9. The maximum atomic E-state index is 6.05. The highest BCUT2D eigenvalue weighted by Gasteiger charge is 2.33. The second kappa shape index (κ2) is 7.44. The fourth-order valence-electron chi connectivity index (χ4n) is 2.57. The highest BCUT2D eigenvalue weighted by molar-refractivity contribution is 5.24. The van der Waals surface area contributed by atoms with Crippen molar-refractivity contribution in [3.63, 3.8) is 0 Å². The van der Waals surface area contributed by atoms with Crippen molar-refractivity contribution < 1.29 is 4.74 Å². The van der Waals surface area contributed by atoms with Crippen LogP contribution in [-0.4, -0.2) is 12.7 Å². The lowest BCUT2D eigenvalue weighted by molar-refractivity contribution is -0.0290. The third-order valence-corrected chi connectivity index (χ3v) is 4.24. The van der Waals surface area contributed by atoms with Gasteiger partial charge in [0.25, 0.3) is 0 Å². The van der Waals surface area contributed by atoms with Crippen LogP contribution in [0.2, 0.25) is 0 Å². The minimum atomic E-state index is 0.312. The zero-order chi connectivity index (χ0) is 13.4.